The summed E-state index contributed by atoms with van der Waals surface area (Å²) in [6, 6.07) is -0.665. The quantitative estimate of drug-likeness (QED) is 0.0433. The van der Waals surface area contributed by atoms with Crippen LogP contribution in [0.1, 0.15) is 156 Å². The van der Waals surface area contributed by atoms with Gasteiger partial charge in [-0.1, -0.05) is 116 Å². The second-order valence-corrected chi connectivity index (χ2v) is 13.2. The number of methoxy groups -OCH3 is 2. The maximum absolute atomic E-state index is 13.1. The molecule has 8 nitrogen and oxygen atoms in total. The zero-order valence-corrected chi connectivity index (χ0v) is 30.9. The highest BCUT2D eigenvalue weighted by atomic mass is 16.7. The van der Waals surface area contributed by atoms with Crippen molar-refractivity contribution in [3.05, 3.63) is 24.5 Å². The molecule has 0 aromatic rings. The maximum Gasteiger partial charge on any atom is 0.222 e. The molecule has 1 rings (SSSR count). The van der Waals surface area contributed by atoms with Crippen LogP contribution in [0, 0.1) is 0 Å². The SMILES string of the molecule is C/C=C\O[C@H]1OC(COC)[C@@H](O)C(OCC[C@@H](CCCCCCC)OC)[C@H]1NC(=O)CCCCCCCCC/C=C\CCCCCC. The molecule has 2 N–H and O–H groups in total. The van der Waals surface area contributed by atoms with Crippen LogP contribution in [0.4, 0.5) is 0 Å². The number of hydrogen-bond donors (Lipinski definition) is 2. The molecule has 0 saturated carbocycles. The lowest BCUT2D eigenvalue weighted by Gasteiger charge is -2.44. The van der Waals surface area contributed by atoms with Gasteiger partial charge in [0.25, 0.3) is 0 Å². The van der Waals surface area contributed by atoms with Crippen molar-refractivity contribution in [2.24, 2.45) is 0 Å². The highest BCUT2D eigenvalue weighted by Gasteiger charge is 2.47. The molecule has 1 heterocycles. The maximum atomic E-state index is 13.1. The van der Waals surface area contributed by atoms with Gasteiger partial charge in [-0.3, -0.25) is 4.79 Å². The molecule has 1 amide bonds. The lowest BCUT2D eigenvalue weighted by molar-refractivity contribution is -0.265. The number of carbonyl (C=O) groups excluding carboxylic acids is 1. The third-order valence-electron chi connectivity index (χ3n) is 9.06. The molecule has 6 atom stereocenters. The molecule has 1 saturated heterocycles. The summed E-state index contributed by atoms with van der Waals surface area (Å²) < 4.78 is 29.3. The molecule has 0 aromatic carbocycles. The Morgan fingerprint density at radius 2 is 1.43 bits per heavy atom. The van der Waals surface area contributed by atoms with Crippen LogP contribution in [0.3, 0.4) is 0 Å². The van der Waals surface area contributed by atoms with Crippen LogP contribution in [0.25, 0.3) is 0 Å². The van der Waals surface area contributed by atoms with Gasteiger partial charge in [-0.2, -0.15) is 0 Å². The second-order valence-electron chi connectivity index (χ2n) is 13.2. The minimum absolute atomic E-state index is 0.0815. The Balaban J connectivity index is 2.53. The molecular weight excluding hydrogens is 594 g/mol. The number of amides is 1. The van der Waals surface area contributed by atoms with E-state index < -0.39 is 30.6 Å². The lowest BCUT2D eigenvalue weighted by atomic mass is 9.96. The number of carbonyl (C=O) groups is 1. The van der Waals surface area contributed by atoms with Crippen molar-refractivity contribution in [2.45, 2.75) is 192 Å². The van der Waals surface area contributed by atoms with Crippen molar-refractivity contribution in [3.8, 4) is 0 Å². The van der Waals surface area contributed by atoms with Gasteiger partial charge in [-0.15, -0.1) is 0 Å². The number of nitrogens with one attached hydrogen (secondary N) is 1. The van der Waals surface area contributed by atoms with E-state index in [0.717, 1.165) is 32.1 Å². The smallest absolute Gasteiger partial charge is 0.222 e. The van der Waals surface area contributed by atoms with Gasteiger partial charge < -0.3 is 34.1 Å². The Hall–Kier alpha value is -1.45. The molecule has 1 aliphatic heterocycles. The fraction of sp³-hybridized carbons (Fsp3) is 0.872. The van der Waals surface area contributed by atoms with Crippen LogP contribution in [0.2, 0.25) is 0 Å². The van der Waals surface area contributed by atoms with E-state index in [1.807, 2.05) is 6.92 Å². The first-order valence-electron chi connectivity index (χ1n) is 19.2. The van der Waals surface area contributed by atoms with Crippen LogP contribution in [0.15, 0.2) is 24.5 Å². The van der Waals surface area contributed by atoms with E-state index in [9.17, 15) is 9.90 Å². The molecule has 276 valence electrons. The van der Waals surface area contributed by atoms with Crippen LogP contribution >= 0.6 is 0 Å². The first-order chi connectivity index (χ1) is 23.0. The molecule has 47 heavy (non-hydrogen) atoms. The zero-order valence-electron chi connectivity index (χ0n) is 30.9. The van der Waals surface area contributed by atoms with E-state index in [1.165, 1.54) is 89.9 Å². The van der Waals surface area contributed by atoms with Crippen molar-refractivity contribution >= 4 is 5.91 Å². The molecule has 1 fully saturated rings. The molecule has 8 heteroatoms. The summed E-state index contributed by atoms with van der Waals surface area (Å²) in [4.78, 5) is 13.1. The van der Waals surface area contributed by atoms with Gasteiger partial charge in [0.1, 0.15) is 24.4 Å². The Kier molecular flexibility index (Phi) is 28.4. The lowest BCUT2D eigenvalue weighted by Crippen LogP contribution is -2.65. The molecular formula is C39H73NO7. The van der Waals surface area contributed by atoms with E-state index in [0.29, 0.717) is 19.4 Å². The first kappa shape index (κ1) is 43.6. The summed E-state index contributed by atoms with van der Waals surface area (Å²) in [5.41, 5.74) is 0. The van der Waals surface area contributed by atoms with Crippen LogP contribution in [-0.4, -0.2) is 75.2 Å². The van der Waals surface area contributed by atoms with Gasteiger partial charge in [-0.25, -0.2) is 0 Å². The van der Waals surface area contributed by atoms with Gasteiger partial charge >= 0.3 is 0 Å². The highest BCUT2D eigenvalue weighted by molar-refractivity contribution is 5.76. The van der Waals surface area contributed by atoms with E-state index in [1.54, 1.807) is 26.6 Å². The topological polar surface area (TPSA) is 95.5 Å². The number of ether oxygens (including phenoxy) is 5. The minimum Gasteiger partial charge on any atom is -0.471 e. The monoisotopic (exact) mass is 668 g/mol. The zero-order chi connectivity index (χ0) is 34.4. The summed E-state index contributed by atoms with van der Waals surface area (Å²) in [6.07, 6.45) is 28.9. The number of allylic oxidation sites excluding steroid dienone is 3. The molecule has 0 radical (unpaired) electrons. The van der Waals surface area contributed by atoms with Gasteiger partial charge in [-0.05, 0) is 51.9 Å². The van der Waals surface area contributed by atoms with E-state index in [2.05, 4.69) is 31.3 Å². The largest absolute Gasteiger partial charge is 0.471 e. The minimum atomic E-state index is -0.984. The molecule has 0 spiro atoms. The second kappa shape index (κ2) is 30.6. The van der Waals surface area contributed by atoms with Crippen molar-refractivity contribution in [2.75, 3.05) is 27.4 Å². The fourth-order valence-electron chi connectivity index (χ4n) is 6.15. The number of unbranched alkanes of at least 4 members (excludes halogenated alkanes) is 15. The summed E-state index contributed by atoms with van der Waals surface area (Å²) in [5, 5.41) is 14.3. The predicted molar refractivity (Wildman–Crippen MR) is 192 cm³/mol. The Bertz CT molecular complexity index is 776. The van der Waals surface area contributed by atoms with Crippen LogP contribution in [0.5, 0.6) is 0 Å². The van der Waals surface area contributed by atoms with E-state index in [-0.39, 0.29) is 18.6 Å². The molecule has 2 unspecified atom stereocenters. The highest BCUT2D eigenvalue weighted by Crippen LogP contribution is 2.26. The van der Waals surface area contributed by atoms with Gasteiger partial charge in [0.2, 0.25) is 12.2 Å². The number of rotatable bonds is 31. The number of hydrogen-bond acceptors (Lipinski definition) is 7. The van der Waals surface area contributed by atoms with Crippen LogP contribution in [-0.2, 0) is 28.5 Å². The van der Waals surface area contributed by atoms with Crippen molar-refractivity contribution in [3.63, 3.8) is 0 Å². The fourth-order valence-corrected chi connectivity index (χ4v) is 6.15. The number of aliphatic hydroxyl groups is 1. The first-order valence-corrected chi connectivity index (χ1v) is 19.2. The summed E-state index contributed by atoms with van der Waals surface area (Å²) >= 11 is 0. The van der Waals surface area contributed by atoms with Gasteiger partial charge in [0.05, 0.1) is 19.0 Å². The average Bonchev–Trinajstić information content (AvgIpc) is 3.07. The Morgan fingerprint density at radius 3 is 2.04 bits per heavy atom. The van der Waals surface area contributed by atoms with Gasteiger partial charge in [0.15, 0.2) is 0 Å². The average molecular weight is 668 g/mol. The molecule has 1 aliphatic rings. The number of aliphatic hydroxyl groups excluding tert-OH is 1. The summed E-state index contributed by atoms with van der Waals surface area (Å²) in [5.74, 6) is -0.0815. The predicted octanol–water partition coefficient (Wildman–Crippen LogP) is 8.94. The Labute approximate surface area is 288 Å². The third kappa shape index (κ3) is 21.3. The summed E-state index contributed by atoms with van der Waals surface area (Å²) in [6.45, 7) is 6.91. The van der Waals surface area contributed by atoms with E-state index in [4.69, 9.17) is 23.7 Å². The third-order valence-corrected chi connectivity index (χ3v) is 9.06. The van der Waals surface area contributed by atoms with Crippen LogP contribution < -0.4 is 5.32 Å². The normalized spacial score (nSPS) is 22.3. The van der Waals surface area contributed by atoms with Crippen molar-refractivity contribution in [1.29, 1.82) is 0 Å². The van der Waals surface area contributed by atoms with Gasteiger partial charge in [0, 0.05) is 27.2 Å². The summed E-state index contributed by atoms with van der Waals surface area (Å²) in [7, 11) is 3.31. The van der Waals surface area contributed by atoms with E-state index >= 15 is 0 Å². The molecule has 0 aliphatic carbocycles. The molecule has 0 bridgehead atoms. The standard InChI is InChI=1S/C39H73NO7/c1-6-9-11-13-14-15-16-17-18-19-20-21-22-24-26-28-35(41)40-36-38(37(42)34(32-43-4)47-39(36)46-30-8-3)45-31-29-33(44-5)27-25-23-12-10-7-2/h8,15-16,30,33-34,36-39,42H,6-7,9-14,17-29,31-32H2,1-5H3,(H,40,41)/b16-15-,30-8-/t33-,34?,36-,37-,38?,39+/m1/s1. The Morgan fingerprint density at radius 1 is 0.830 bits per heavy atom. The van der Waals surface area contributed by atoms with Crippen molar-refractivity contribution in [1.82, 2.24) is 5.32 Å². The van der Waals surface area contributed by atoms with Crippen molar-refractivity contribution < 1.29 is 33.6 Å². The molecule has 0 aromatic heterocycles.